The van der Waals surface area contributed by atoms with Gasteiger partial charge in [0.2, 0.25) is 0 Å². The molecule has 4 heteroatoms. The van der Waals surface area contributed by atoms with Crippen molar-refractivity contribution in [2.24, 2.45) is 5.73 Å². The number of benzene rings is 1. The van der Waals surface area contributed by atoms with Crippen molar-refractivity contribution in [3.05, 3.63) is 51.7 Å². The van der Waals surface area contributed by atoms with Gasteiger partial charge in [-0.3, -0.25) is 0 Å². The Bertz CT molecular complexity index is 502. The van der Waals surface area contributed by atoms with E-state index in [2.05, 4.69) is 4.98 Å². The molecule has 2 N–H and O–H groups in total. The number of thiazole rings is 1. The number of halogens is 1. The van der Waals surface area contributed by atoms with E-state index in [-0.39, 0.29) is 5.82 Å². The molecule has 1 unspecified atom stereocenters. The summed E-state index contributed by atoms with van der Waals surface area (Å²) in [4.78, 5) is 4.40. The van der Waals surface area contributed by atoms with Crippen LogP contribution in [-0.2, 0) is 12.0 Å². The minimum atomic E-state index is -0.516. The summed E-state index contributed by atoms with van der Waals surface area (Å²) in [5, 5.41) is 3.02. The second-order valence-corrected chi connectivity index (χ2v) is 5.43. The van der Waals surface area contributed by atoms with E-state index in [4.69, 9.17) is 5.73 Å². The van der Waals surface area contributed by atoms with Crippen molar-refractivity contribution in [1.82, 2.24) is 4.98 Å². The highest BCUT2D eigenvalue weighted by Crippen LogP contribution is 2.24. The van der Waals surface area contributed by atoms with E-state index in [0.29, 0.717) is 6.42 Å². The fourth-order valence-corrected chi connectivity index (χ4v) is 2.67. The number of nitrogens with zero attached hydrogens (tertiary/aromatic N) is 1. The molecule has 0 radical (unpaired) electrons. The molecule has 0 fully saturated rings. The molecule has 0 aliphatic heterocycles. The van der Waals surface area contributed by atoms with Gasteiger partial charge in [-0.25, -0.2) is 9.37 Å². The number of rotatable bonds is 3. The molecule has 2 rings (SSSR count). The van der Waals surface area contributed by atoms with Crippen LogP contribution in [0.5, 0.6) is 0 Å². The Kier molecular flexibility index (Phi) is 3.26. The quantitative estimate of drug-likeness (QED) is 0.909. The van der Waals surface area contributed by atoms with Crippen LogP contribution in [0.2, 0.25) is 0 Å². The van der Waals surface area contributed by atoms with Crippen molar-refractivity contribution in [3.8, 4) is 0 Å². The van der Waals surface area contributed by atoms with Gasteiger partial charge in [-0.2, -0.15) is 0 Å². The minimum absolute atomic E-state index is 0.241. The highest BCUT2D eigenvalue weighted by Gasteiger charge is 2.23. The Morgan fingerprint density at radius 3 is 2.53 bits per heavy atom. The fourth-order valence-electron chi connectivity index (χ4n) is 1.73. The zero-order valence-corrected chi connectivity index (χ0v) is 10.7. The van der Waals surface area contributed by atoms with Crippen LogP contribution in [0.3, 0.4) is 0 Å². The lowest BCUT2D eigenvalue weighted by Crippen LogP contribution is -2.35. The molecule has 0 aliphatic rings. The number of hydrogen-bond donors (Lipinski definition) is 1. The molecular formula is C13H15FN2S. The first-order valence-electron chi connectivity index (χ1n) is 5.43. The SMILES string of the molecule is Cc1csc(CC(C)(N)c2ccc(F)cc2)n1. The Morgan fingerprint density at radius 2 is 2.00 bits per heavy atom. The molecule has 17 heavy (non-hydrogen) atoms. The van der Waals surface area contributed by atoms with Gasteiger partial charge >= 0.3 is 0 Å². The first-order valence-corrected chi connectivity index (χ1v) is 6.31. The molecule has 1 aromatic heterocycles. The van der Waals surface area contributed by atoms with Crippen molar-refractivity contribution in [2.75, 3.05) is 0 Å². The van der Waals surface area contributed by atoms with Gasteiger partial charge < -0.3 is 5.73 Å². The molecule has 0 aliphatic carbocycles. The first-order chi connectivity index (χ1) is 7.97. The van der Waals surface area contributed by atoms with Gasteiger partial charge in [-0.05, 0) is 31.5 Å². The monoisotopic (exact) mass is 250 g/mol. The number of hydrogen-bond acceptors (Lipinski definition) is 3. The van der Waals surface area contributed by atoms with Gasteiger partial charge in [0.05, 0.1) is 5.01 Å². The summed E-state index contributed by atoms with van der Waals surface area (Å²) in [5.41, 5.74) is 7.69. The van der Waals surface area contributed by atoms with Crippen LogP contribution in [0.15, 0.2) is 29.6 Å². The van der Waals surface area contributed by atoms with Crippen molar-refractivity contribution in [3.63, 3.8) is 0 Å². The standard InChI is InChI=1S/C13H15FN2S/c1-9-8-17-12(16-9)7-13(2,15)10-3-5-11(14)6-4-10/h3-6,8H,7,15H2,1-2H3. The molecule has 0 spiro atoms. The summed E-state index contributed by atoms with van der Waals surface area (Å²) in [6.07, 6.45) is 0.664. The molecule has 90 valence electrons. The van der Waals surface area contributed by atoms with Crippen LogP contribution in [0, 0.1) is 12.7 Å². The lowest BCUT2D eigenvalue weighted by Gasteiger charge is -2.24. The van der Waals surface area contributed by atoms with Gasteiger partial charge in [0, 0.05) is 23.0 Å². The van der Waals surface area contributed by atoms with Crippen molar-refractivity contribution < 1.29 is 4.39 Å². The summed E-state index contributed by atoms with van der Waals surface area (Å²) < 4.78 is 12.9. The molecule has 2 nitrogen and oxygen atoms in total. The van der Waals surface area contributed by atoms with Gasteiger partial charge in [0.15, 0.2) is 0 Å². The Labute approximate surface area is 104 Å². The van der Waals surface area contributed by atoms with Crippen molar-refractivity contribution >= 4 is 11.3 Å². The maximum absolute atomic E-state index is 12.9. The van der Waals surface area contributed by atoms with Crippen LogP contribution in [0.4, 0.5) is 4.39 Å². The van der Waals surface area contributed by atoms with E-state index in [1.807, 2.05) is 19.2 Å². The zero-order valence-electron chi connectivity index (χ0n) is 9.90. The molecule has 0 amide bonds. The maximum Gasteiger partial charge on any atom is 0.123 e. The van der Waals surface area contributed by atoms with Crippen molar-refractivity contribution in [1.29, 1.82) is 0 Å². The lowest BCUT2D eigenvalue weighted by molar-refractivity contribution is 0.488. The minimum Gasteiger partial charge on any atom is -0.321 e. The van der Waals surface area contributed by atoms with E-state index < -0.39 is 5.54 Å². The summed E-state index contributed by atoms with van der Waals surface area (Å²) >= 11 is 1.61. The molecule has 1 atom stereocenters. The summed E-state index contributed by atoms with van der Waals surface area (Å²) in [6, 6.07) is 6.34. The van der Waals surface area contributed by atoms with Crippen molar-refractivity contribution in [2.45, 2.75) is 25.8 Å². The normalized spacial score (nSPS) is 14.6. The lowest BCUT2D eigenvalue weighted by atomic mass is 9.90. The van der Waals surface area contributed by atoms with E-state index in [1.165, 1.54) is 12.1 Å². The van der Waals surface area contributed by atoms with Crippen LogP contribution >= 0.6 is 11.3 Å². The molecule has 0 saturated carbocycles. The van der Waals surface area contributed by atoms with E-state index in [0.717, 1.165) is 16.3 Å². The Balaban J connectivity index is 2.21. The average molecular weight is 250 g/mol. The summed E-state index contributed by atoms with van der Waals surface area (Å²) in [6.45, 7) is 3.91. The topological polar surface area (TPSA) is 38.9 Å². The summed E-state index contributed by atoms with van der Waals surface area (Å²) in [5.74, 6) is -0.241. The van der Waals surface area contributed by atoms with Gasteiger partial charge in [0.25, 0.3) is 0 Å². The average Bonchev–Trinajstić information content (AvgIpc) is 2.63. The molecule has 2 aromatic rings. The highest BCUT2D eigenvalue weighted by molar-refractivity contribution is 7.09. The number of aromatic nitrogens is 1. The Morgan fingerprint density at radius 1 is 1.35 bits per heavy atom. The largest absolute Gasteiger partial charge is 0.321 e. The number of aryl methyl sites for hydroxylation is 1. The highest BCUT2D eigenvalue weighted by atomic mass is 32.1. The third kappa shape index (κ3) is 2.90. The summed E-state index contributed by atoms with van der Waals surface area (Å²) in [7, 11) is 0. The molecule has 0 saturated heterocycles. The Hall–Kier alpha value is -1.26. The second-order valence-electron chi connectivity index (χ2n) is 4.48. The predicted molar refractivity (Wildman–Crippen MR) is 68.5 cm³/mol. The van der Waals surface area contributed by atoms with E-state index >= 15 is 0 Å². The number of nitrogens with two attached hydrogens (primary N) is 1. The van der Waals surface area contributed by atoms with Crippen LogP contribution in [0.1, 0.15) is 23.2 Å². The van der Waals surface area contributed by atoms with E-state index in [9.17, 15) is 4.39 Å². The molecule has 1 aromatic carbocycles. The van der Waals surface area contributed by atoms with Crippen LogP contribution in [-0.4, -0.2) is 4.98 Å². The smallest absolute Gasteiger partial charge is 0.123 e. The third-order valence-electron chi connectivity index (χ3n) is 2.69. The predicted octanol–water partition coefficient (Wildman–Crippen LogP) is 3.01. The molecular weight excluding hydrogens is 235 g/mol. The molecule has 1 heterocycles. The first kappa shape index (κ1) is 12.2. The molecule has 0 bridgehead atoms. The second kappa shape index (κ2) is 4.55. The van der Waals surface area contributed by atoms with Crippen LogP contribution < -0.4 is 5.73 Å². The fraction of sp³-hybridized carbons (Fsp3) is 0.308. The third-order valence-corrected chi connectivity index (χ3v) is 3.66. The van der Waals surface area contributed by atoms with E-state index in [1.54, 1.807) is 23.5 Å². The zero-order chi connectivity index (χ0) is 12.5. The van der Waals surface area contributed by atoms with Gasteiger partial charge in [-0.1, -0.05) is 12.1 Å². The van der Waals surface area contributed by atoms with Gasteiger partial charge in [0.1, 0.15) is 5.82 Å². The maximum atomic E-state index is 12.9. The van der Waals surface area contributed by atoms with Crippen LogP contribution in [0.25, 0.3) is 0 Å². The van der Waals surface area contributed by atoms with Gasteiger partial charge in [-0.15, -0.1) is 11.3 Å².